The van der Waals surface area contributed by atoms with Crippen LogP contribution < -0.4 is 10.5 Å². The molecule has 6 nitrogen and oxygen atoms in total. The van der Waals surface area contributed by atoms with Crippen LogP contribution in [0, 0.1) is 5.92 Å². The van der Waals surface area contributed by atoms with Crippen LogP contribution in [-0.2, 0) is 22.4 Å². The van der Waals surface area contributed by atoms with E-state index in [1.807, 2.05) is 30.3 Å². The smallest absolute Gasteiger partial charge is 0.307 e. The number of carbonyl (C=O) groups is 1. The lowest BCUT2D eigenvalue weighted by atomic mass is 9.93. The highest BCUT2D eigenvalue weighted by Crippen LogP contribution is 2.24. The average Bonchev–Trinajstić information content (AvgIpc) is 3.18. The van der Waals surface area contributed by atoms with E-state index in [0.717, 1.165) is 36.3 Å². The van der Waals surface area contributed by atoms with Crippen LogP contribution in [0.3, 0.4) is 0 Å². The monoisotopic (exact) mass is 402 g/mol. The molecule has 1 aromatic carbocycles. The lowest BCUT2D eigenvalue weighted by Crippen LogP contribution is -2.27. The second kappa shape index (κ2) is 9.80. The fraction of sp³-hybridized carbons (Fsp3) is 0.429. The van der Waals surface area contributed by atoms with Crippen molar-refractivity contribution in [2.75, 3.05) is 18.9 Å². The molecule has 1 aliphatic heterocycles. The maximum Gasteiger partial charge on any atom is 0.307 e. The Morgan fingerprint density at radius 2 is 2.21 bits per heavy atom. The van der Waals surface area contributed by atoms with E-state index in [-0.39, 0.29) is 11.4 Å². The van der Waals surface area contributed by atoms with Gasteiger partial charge in [0.25, 0.3) is 0 Å². The molecule has 0 saturated carbocycles. The number of nitrogens with two attached hydrogens (primary N) is 1. The summed E-state index contributed by atoms with van der Waals surface area (Å²) in [5.74, 6) is -0.199. The topological polar surface area (TPSA) is 94.7 Å². The second-order valence-electron chi connectivity index (χ2n) is 7.10. The summed E-state index contributed by atoms with van der Waals surface area (Å²) in [5, 5.41) is 9.36. The predicted molar refractivity (Wildman–Crippen MR) is 111 cm³/mol. The SMILES string of the molecule is Nc1ccc(CC(C(=O)O)C(S)CCc2cccc(OC3CCOC3)c2)cn1. The molecule has 1 saturated heterocycles. The third kappa shape index (κ3) is 5.87. The van der Waals surface area contributed by atoms with E-state index >= 15 is 0 Å². The first-order chi connectivity index (χ1) is 13.5. The van der Waals surface area contributed by atoms with Gasteiger partial charge in [-0.3, -0.25) is 4.79 Å². The number of ether oxygens (including phenoxy) is 2. The van der Waals surface area contributed by atoms with Gasteiger partial charge in [0.1, 0.15) is 17.7 Å². The largest absolute Gasteiger partial charge is 0.488 e. The standard InChI is InChI=1S/C21H26N2O4S/c22-20-7-5-15(12-23-20)11-18(21(24)25)19(28)6-4-14-2-1-3-16(10-14)27-17-8-9-26-13-17/h1-3,5,7,10,12,17-19,28H,4,6,8-9,11,13H2,(H2,22,23)(H,24,25). The number of nitrogen functional groups attached to an aromatic ring is 1. The molecule has 28 heavy (non-hydrogen) atoms. The number of thiol groups is 1. The molecular formula is C21H26N2O4S. The van der Waals surface area contributed by atoms with Gasteiger partial charge < -0.3 is 20.3 Å². The maximum absolute atomic E-state index is 11.7. The minimum atomic E-state index is -0.852. The predicted octanol–water partition coefficient (Wildman–Crippen LogP) is 3.01. The molecule has 0 aliphatic carbocycles. The first kappa shape index (κ1) is 20.5. The number of carboxylic acid groups (broad SMARTS) is 1. The summed E-state index contributed by atoms with van der Waals surface area (Å²) in [7, 11) is 0. The zero-order valence-corrected chi connectivity index (χ0v) is 16.6. The van der Waals surface area contributed by atoms with E-state index in [9.17, 15) is 9.90 Å². The normalized spacial score (nSPS) is 18.5. The highest BCUT2D eigenvalue weighted by Gasteiger charge is 2.26. The van der Waals surface area contributed by atoms with Gasteiger partial charge in [0.2, 0.25) is 0 Å². The van der Waals surface area contributed by atoms with Crippen molar-refractivity contribution in [2.45, 2.75) is 37.0 Å². The van der Waals surface area contributed by atoms with Gasteiger partial charge in [0, 0.05) is 17.9 Å². The number of aromatic nitrogens is 1. The molecule has 3 atom stereocenters. The second-order valence-corrected chi connectivity index (χ2v) is 7.76. The summed E-state index contributed by atoms with van der Waals surface area (Å²) in [5.41, 5.74) is 7.54. The number of nitrogens with zero attached hydrogens (tertiary/aromatic N) is 1. The zero-order chi connectivity index (χ0) is 19.9. The maximum atomic E-state index is 11.7. The minimum absolute atomic E-state index is 0.109. The number of hydrogen-bond acceptors (Lipinski definition) is 6. The van der Waals surface area contributed by atoms with E-state index in [0.29, 0.717) is 25.3 Å². The number of anilines is 1. The molecule has 3 N–H and O–H groups in total. The summed E-state index contributed by atoms with van der Waals surface area (Å²) >= 11 is 4.59. The van der Waals surface area contributed by atoms with Crippen LogP contribution in [0.25, 0.3) is 0 Å². The molecule has 1 fully saturated rings. The van der Waals surface area contributed by atoms with Crippen molar-refractivity contribution >= 4 is 24.4 Å². The number of carboxylic acids is 1. The molecule has 7 heteroatoms. The molecule has 0 amide bonds. The van der Waals surface area contributed by atoms with Gasteiger partial charge in [-0.15, -0.1) is 0 Å². The fourth-order valence-electron chi connectivity index (χ4n) is 3.29. The lowest BCUT2D eigenvalue weighted by Gasteiger charge is -2.20. The Hall–Kier alpha value is -2.25. The molecule has 0 bridgehead atoms. The van der Waals surface area contributed by atoms with Gasteiger partial charge >= 0.3 is 5.97 Å². The van der Waals surface area contributed by atoms with E-state index < -0.39 is 11.9 Å². The van der Waals surface area contributed by atoms with Crippen LogP contribution in [0.15, 0.2) is 42.6 Å². The number of pyridine rings is 1. The summed E-state index contributed by atoms with van der Waals surface area (Å²) in [4.78, 5) is 15.8. The molecule has 3 unspecified atom stereocenters. The lowest BCUT2D eigenvalue weighted by molar-refractivity contribution is -0.141. The van der Waals surface area contributed by atoms with Gasteiger partial charge in [-0.25, -0.2) is 4.98 Å². The van der Waals surface area contributed by atoms with E-state index in [1.165, 1.54) is 0 Å². The number of hydrogen-bond donors (Lipinski definition) is 3. The molecule has 2 heterocycles. The van der Waals surface area contributed by atoms with E-state index in [4.69, 9.17) is 15.2 Å². The van der Waals surface area contributed by atoms with Crippen LogP contribution in [0.1, 0.15) is 24.0 Å². The van der Waals surface area contributed by atoms with Crippen LogP contribution in [-0.4, -0.2) is 40.6 Å². The Kier molecular flexibility index (Phi) is 7.17. The fourth-order valence-corrected chi connectivity index (χ4v) is 3.65. The van der Waals surface area contributed by atoms with Crippen molar-refractivity contribution < 1.29 is 19.4 Å². The highest BCUT2D eigenvalue weighted by molar-refractivity contribution is 7.81. The quantitative estimate of drug-likeness (QED) is 0.558. The molecule has 1 aromatic heterocycles. The van der Waals surface area contributed by atoms with Gasteiger partial charge in [-0.05, 0) is 48.6 Å². The Labute approximate surface area is 170 Å². The third-order valence-electron chi connectivity index (χ3n) is 4.90. The number of benzene rings is 1. The van der Waals surface area contributed by atoms with E-state index in [1.54, 1.807) is 12.3 Å². The highest BCUT2D eigenvalue weighted by atomic mass is 32.1. The van der Waals surface area contributed by atoms with Gasteiger partial charge in [-0.1, -0.05) is 18.2 Å². The minimum Gasteiger partial charge on any atom is -0.488 e. The number of rotatable bonds is 9. The molecule has 1 aliphatic rings. The van der Waals surface area contributed by atoms with Crippen LogP contribution in [0.5, 0.6) is 5.75 Å². The third-order valence-corrected chi connectivity index (χ3v) is 5.52. The van der Waals surface area contributed by atoms with Crippen LogP contribution in [0.4, 0.5) is 5.82 Å². The summed E-state index contributed by atoms with van der Waals surface area (Å²) in [6.45, 7) is 1.37. The van der Waals surface area contributed by atoms with Crippen molar-refractivity contribution in [3.63, 3.8) is 0 Å². The van der Waals surface area contributed by atoms with Crippen molar-refractivity contribution in [1.82, 2.24) is 4.98 Å². The van der Waals surface area contributed by atoms with Crippen molar-refractivity contribution in [3.05, 3.63) is 53.7 Å². The first-order valence-electron chi connectivity index (χ1n) is 9.46. The number of aryl methyl sites for hydroxylation is 1. The molecule has 150 valence electrons. The Morgan fingerprint density at radius 3 is 2.89 bits per heavy atom. The first-order valence-corrected chi connectivity index (χ1v) is 9.97. The van der Waals surface area contributed by atoms with Gasteiger partial charge in [-0.2, -0.15) is 12.6 Å². The Balaban J connectivity index is 1.57. The van der Waals surface area contributed by atoms with Crippen molar-refractivity contribution in [3.8, 4) is 5.75 Å². The summed E-state index contributed by atoms with van der Waals surface area (Å²) in [6, 6.07) is 11.4. The number of aliphatic carboxylic acids is 1. The van der Waals surface area contributed by atoms with Crippen molar-refractivity contribution in [1.29, 1.82) is 0 Å². The Bertz CT molecular complexity index is 778. The zero-order valence-electron chi connectivity index (χ0n) is 15.7. The molecule has 0 spiro atoms. The Morgan fingerprint density at radius 1 is 1.36 bits per heavy atom. The van der Waals surface area contributed by atoms with E-state index in [2.05, 4.69) is 17.6 Å². The summed E-state index contributed by atoms with van der Waals surface area (Å²) < 4.78 is 11.3. The summed E-state index contributed by atoms with van der Waals surface area (Å²) in [6.07, 6.45) is 4.40. The molecule has 2 aromatic rings. The van der Waals surface area contributed by atoms with Gasteiger partial charge in [0.05, 0.1) is 19.1 Å². The van der Waals surface area contributed by atoms with Crippen molar-refractivity contribution in [2.24, 2.45) is 5.92 Å². The molecule has 3 rings (SSSR count). The average molecular weight is 403 g/mol. The van der Waals surface area contributed by atoms with Gasteiger partial charge in [0.15, 0.2) is 0 Å². The van der Waals surface area contributed by atoms with Crippen LogP contribution >= 0.6 is 12.6 Å². The molecular weight excluding hydrogens is 376 g/mol. The molecule has 0 radical (unpaired) electrons. The van der Waals surface area contributed by atoms with Crippen LogP contribution in [0.2, 0.25) is 0 Å².